The van der Waals surface area contributed by atoms with Gasteiger partial charge in [0.15, 0.2) is 0 Å². The summed E-state index contributed by atoms with van der Waals surface area (Å²) >= 11 is 0. The zero-order valence-electron chi connectivity index (χ0n) is 17.1. The van der Waals surface area contributed by atoms with Gasteiger partial charge in [0.2, 0.25) is 0 Å². The van der Waals surface area contributed by atoms with Crippen LogP contribution < -0.4 is 4.74 Å². The van der Waals surface area contributed by atoms with Crippen LogP contribution in [0.25, 0.3) is 11.1 Å². The van der Waals surface area contributed by atoms with Gasteiger partial charge in [-0.25, -0.2) is 4.39 Å². The van der Waals surface area contributed by atoms with Crippen LogP contribution in [0.4, 0.5) is 4.39 Å². The number of benzene rings is 3. The molecular formula is C26H28FNO. The van der Waals surface area contributed by atoms with Gasteiger partial charge in [-0.05, 0) is 53.4 Å². The minimum absolute atomic E-state index is 0.464. The van der Waals surface area contributed by atoms with E-state index in [1.165, 1.54) is 22.3 Å². The van der Waals surface area contributed by atoms with Crippen molar-refractivity contribution in [2.24, 2.45) is 0 Å². The predicted octanol–water partition coefficient (Wildman–Crippen LogP) is 6.29. The van der Waals surface area contributed by atoms with E-state index in [-0.39, 0.29) is 0 Å². The molecule has 29 heavy (non-hydrogen) atoms. The highest BCUT2D eigenvalue weighted by Crippen LogP contribution is 2.34. The van der Waals surface area contributed by atoms with Crippen molar-refractivity contribution in [2.75, 3.05) is 27.0 Å². The van der Waals surface area contributed by atoms with E-state index in [1.807, 2.05) is 24.3 Å². The molecule has 0 spiro atoms. The second-order valence-corrected chi connectivity index (χ2v) is 7.01. The third kappa shape index (κ3) is 5.55. The number of hydrogen-bond donors (Lipinski definition) is 0. The summed E-state index contributed by atoms with van der Waals surface area (Å²) in [6.07, 6.45) is 0.933. The molecule has 0 aliphatic rings. The summed E-state index contributed by atoms with van der Waals surface area (Å²) < 4.78 is 18.3. The van der Waals surface area contributed by atoms with Gasteiger partial charge in [0.05, 0.1) is 0 Å². The van der Waals surface area contributed by atoms with Gasteiger partial charge in [-0.15, -0.1) is 0 Å². The lowest BCUT2D eigenvalue weighted by molar-refractivity contribution is 0.183. The van der Waals surface area contributed by atoms with Crippen molar-refractivity contribution in [3.8, 4) is 5.75 Å². The standard InChI is InChI=1S/C26H28FNO/c1-3-25(21-10-6-4-7-11-21)26(22-12-8-5-9-13-22)23-14-16-24(17-15-23)29-19-18-28(2)20-27/h4-17H,3,18-20H2,1-2H3/b26-25-. The van der Waals surface area contributed by atoms with Crippen LogP contribution in [-0.4, -0.2) is 31.9 Å². The molecule has 0 unspecified atom stereocenters. The molecule has 0 N–H and O–H groups in total. The third-order valence-corrected chi connectivity index (χ3v) is 4.93. The van der Waals surface area contributed by atoms with E-state index in [4.69, 9.17) is 4.74 Å². The van der Waals surface area contributed by atoms with Crippen LogP contribution in [0, 0.1) is 0 Å². The van der Waals surface area contributed by atoms with Gasteiger partial charge in [0.1, 0.15) is 19.2 Å². The van der Waals surface area contributed by atoms with Gasteiger partial charge in [-0.1, -0.05) is 79.7 Å². The lowest BCUT2D eigenvalue weighted by Crippen LogP contribution is -2.23. The van der Waals surface area contributed by atoms with Gasteiger partial charge in [-0.2, -0.15) is 0 Å². The monoisotopic (exact) mass is 389 g/mol. The molecule has 0 aromatic heterocycles. The van der Waals surface area contributed by atoms with Crippen LogP contribution >= 0.6 is 0 Å². The van der Waals surface area contributed by atoms with Crippen molar-refractivity contribution >= 4 is 11.1 Å². The number of ether oxygens (including phenoxy) is 1. The molecule has 0 fully saturated rings. The lowest BCUT2D eigenvalue weighted by Gasteiger charge is -2.17. The number of alkyl halides is 1. The molecule has 0 saturated heterocycles. The fourth-order valence-electron chi connectivity index (χ4n) is 3.38. The molecule has 0 amide bonds. The second kappa shape index (κ2) is 10.6. The number of likely N-dealkylation sites (N-methyl/N-ethyl adjacent to an activating group) is 1. The van der Waals surface area contributed by atoms with E-state index in [9.17, 15) is 4.39 Å². The maximum atomic E-state index is 12.5. The van der Waals surface area contributed by atoms with Crippen molar-refractivity contribution in [3.63, 3.8) is 0 Å². The summed E-state index contributed by atoms with van der Waals surface area (Å²) in [4.78, 5) is 1.58. The van der Waals surface area contributed by atoms with Gasteiger partial charge in [0.25, 0.3) is 0 Å². The van der Waals surface area contributed by atoms with Crippen molar-refractivity contribution in [3.05, 3.63) is 102 Å². The summed E-state index contributed by atoms with van der Waals surface area (Å²) in [5.41, 5.74) is 6.15. The van der Waals surface area contributed by atoms with E-state index in [0.717, 1.165) is 17.7 Å². The molecule has 0 atom stereocenters. The average Bonchev–Trinajstić information content (AvgIpc) is 2.79. The molecule has 0 bridgehead atoms. The average molecular weight is 390 g/mol. The first-order valence-electron chi connectivity index (χ1n) is 10.0. The van der Waals surface area contributed by atoms with Crippen LogP contribution in [-0.2, 0) is 0 Å². The lowest BCUT2D eigenvalue weighted by atomic mass is 9.88. The Morgan fingerprint density at radius 2 is 1.34 bits per heavy atom. The van der Waals surface area contributed by atoms with Gasteiger partial charge >= 0.3 is 0 Å². The van der Waals surface area contributed by atoms with Crippen molar-refractivity contribution in [2.45, 2.75) is 13.3 Å². The highest BCUT2D eigenvalue weighted by atomic mass is 19.1. The first kappa shape index (κ1) is 20.8. The largest absolute Gasteiger partial charge is 0.492 e. The zero-order valence-corrected chi connectivity index (χ0v) is 17.1. The van der Waals surface area contributed by atoms with Gasteiger partial charge in [0, 0.05) is 6.54 Å². The van der Waals surface area contributed by atoms with E-state index >= 15 is 0 Å². The van der Waals surface area contributed by atoms with Gasteiger partial charge in [-0.3, -0.25) is 4.90 Å². The molecule has 2 nitrogen and oxygen atoms in total. The van der Waals surface area contributed by atoms with Crippen molar-refractivity contribution in [1.82, 2.24) is 4.90 Å². The van der Waals surface area contributed by atoms with Crippen molar-refractivity contribution < 1.29 is 9.13 Å². The Balaban J connectivity index is 1.94. The SMILES string of the molecule is CC/C(=C(\c1ccccc1)c1ccc(OCCN(C)CF)cc1)c1ccccc1. The molecule has 0 aliphatic heterocycles. The number of nitrogens with zero attached hydrogens (tertiary/aromatic N) is 1. The Morgan fingerprint density at radius 1 is 0.793 bits per heavy atom. The van der Waals surface area contributed by atoms with Crippen LogP contribution in [0.3, 0.4) is 0 Å². The van der Waals surface area contributed by atoms with E-state index < -0.39 is 6.80 Å². The number of rotatable bonds is 9. The smallest absolute Gasteiger partial charge is 0.142 e. The molecule has 3 rings (SSSR count). The molecule has 3 aromatic rings. The summed E-state index contributed by atoms with van der Waals surface area (Å²) in [7, 11) is 1.74. The molecule has 0 aliphatic carbocycles. The first-order valence-corrected chi connectivity index (χ1v) is 10.0. The Labute approximate surface area is 173 Å². The topological polar surface area (TPSA) is 12.5 Å². The van der Waals surface area contributed by atoms with Crippen LogP contribution in [0.2, 0.25) is 0 Å². The summed E-state index contributed by atoms with van der Waals surface area (Å²) in [5, 5.41) is 0. The molecule has 0 heterocycles. The van der Waals surface area contributed by atoms with Crippen LogP contribution in [0.1, 0.15) is 30.0 Å². The number of hydrogen-bond acceptors (Lipinski definition) is 2. The minimum atomic E-state index is -0.465. The highest BCUT2D eigenvalue weighted by Gasteiger charge is 2.13. The van der Waals surface area contributed by atoms with E-state index in [1.54, 1.807) is 11.9 Å². The first-order chi connectivity index (χ1) is 14.2. The molecular weight excluding hydrogens is 361 g/mol. The second-order valence-electron chi connectivity index (χ2n) is 7.01. The fourth-order valence-corrected chi connectivity index (χ4v) is 3.38. The summed E-state index contributed by atoms with van der Waals surface area (Å²) in [6, 6.07) is 29.3. The third-order valence-electron chi connectivity index (χ3n) is 4.93. The molecule has 3 heteroatoms. The van der Waals surface area contributed by atoms with Crippen LogP contribution in [0.5, 0.6) is 5.75 Å². The molecule has 3 aromatic carbocycles. The normalized spacial score (nSPS) is 12.0. The zero-order chi connectivity index (χ0) is 20.5. The molecule has 0 saturated carbocycles. The van der Waals surface area contributed by atoms with E-state index in [0.29, 0.717) is 13.2 Å². The van der Waals surface area contributed by atoms with Crippen LogP contribution in [0.15, 0.2) is 84.9 Å². The Morgan fingerprint density at radius 3 is 1.90 bits per heavy atom. The summed E-state index contributed by atoms with van der Waals surface area (Å²) in [6.45, 7) is 2.75. The Bertz CT molecular complexity index is 904. The Kier molecular flexibility index (Phi) is 7.60. The minimum Gasteiger partial charge on any atom is -0.492 e. The molecule has 150 valence electrons. The summed E-state index contributed by atoms with van der Waals surface area (Å²) in [5.74, 6) is 0.797. The maximum absolute atomic E-state index is 12.5. The van der Waals surface area contributed by atoms with Crippen molar-refractivity contribution in [1.29, 1.82) is 0 Å². The quantitative estimate of drug-likeness (QED) is 0.315. The van der Waals surface area contributed by atoms with Gasteiger partial charge < -0.3 is 4.74 Å². The predicted molar refractivity (Wildman–Crippen MR) is 120 cm³/mol. The fraction of sp³-hybridized carbons (Fsp3) is 0.231. The highest BCUT2D eigenvalue weighted by molar-refractivity contribution is 5.98. The number of halogens is 1. The Hall–Kier alpha value is -2.91. The maximum Gasteiger partial charge on any atom is 0.142 e. The molecule has 0 radical (unpaired) electrons. The number of allylic oxidation sites excluding steroid dienone is 1. The van der Waals surface area contributed by atoms with E-state index in [2.05, 4.69) is 67.6 Å².